The highest BCUT2D eigenvalue weighted by atomic mass is 32.2. The van der Waals surface area contributed by atoms with Crippen LogP contribution >= 0.6 is 11.8 Å². The van der Waals surface area contributed by atoms with E-state index in [0.717, 1.165) is 4.90 Å². The number of nitrogens with one attached hydrogen (secondary N) is 1. The summed E-state index contributed by atoms with van der Waals surface area (Å²) in [6, 6.07) is 9.65. The van der Waals surface area contributed by atoms with Crippen molar-refractivity contribution in [3.05, 3.63) is 65.0 Å². The minimum atomic E-state index is -0.936. The molecule has 0 bridgehead atoms. The topological polar surface area (TPSA) is 66.5 Å². The molecule has 3 amide bonds. The van der Waals surface area contributed by atoms with Crippen molar-refractivity contribution >= 4 is 35.2 Å². The second kappa shape index (κ2) is 7.92. The van der Waals surface area contributed by atoms with Gasteiger partial charge in [0, 0.05) is 5.69 Å². The predicted molar refractivity (Wildman–Crippen MR) is 103 cm³/mol. The average Bonchev–Trinajstić information content (AvgIpc) is 2.90. The first-order valence-corrected chi connectivity index (χ1v) is 9.86. The number of imide groups is 1. The quantitative estimate of drug-likeness (QED) is 0.772. The van der Waals surface area contributed by atoms with Gasteiger partial charge in [0.15, 0.2) is 0 Å². The number of carbonyl (C=O) groups excluding carboxylic acids is 3. The Bertz CT molecular complexity index is 881. The van der Waals surface area contributed by atoms with Crippen molar-refractivity contribution in [1.82, 2.24) is 4.90 Å². The number of benzene rings is 2. The fourth-order valence-electron chi connectivity index (χ4n) is 3.08. The van der Waals surface area contributed by atoms with E-state index in [2.05, 4.69) is 5.32 Å². The number of carbonyl (C=O) groups is 3. The molecule has 1 N–H and O–H groups in total. The maximum Gasteiger partial charge on any atom is 0.262 e. The zero-order chi connectivity index (χ0) is 19.6. The second-order valence-electron chi connectivity index (χ2n) is 6.27. The molecule has 0 aromatic heterocycles. The molecule has 0 saturated heterocycles. The molecule has 3 rings (SSSR count). The van der Waals surface area contributed by atoms with E-state index in [0.29, 0.717) is 34.6 Å². The number of aryl methyl sites for hydroxylation is 1. The van der Waals surface area contributed by atoms with E-state index in [9.17, 15) is 18.8 Å². The lowest BCUT2D eigenvalue weighted by Crippen LogP contribution is -2.47. The van der Waals surface area contributed by atoms with Crippen LogP contribution in [0.4, 0.5) is 10.1 Å². The minimum absolute atomic E-state index is 0.308. The fraction of sp³-hybridized carbons (Fsp3) is 0.250. The number of halogens is 1. The summed E-state index contributed by atoms with van der Waals surface area (Å²) in [5.74, 6) is -1.19. The Morgan fingerprint density at radius 3 is 2.33 bits per heavy atom. The Hall–Kier alpha value is -2.67. The summed E-state index contributed by atoms with van der Waals surface area (Å²) in [6.07, 6.45) is 2.22. The van der Waals surface area contributed by atoms with Gasteiger partial charge in [0.2, 0.25) is 5.91 Å². The highest BCUT2D eigenvalue weighted by Gasteiger charge is 2.42. The molecule has 0 saturated carbocycles. The summed E-state index contributed by atoms with van der Waals surface area (Å²) < 4.78 is 13.3. The summed E-state index contributed by atoms with van der Waals surface area (Å²) in [7, 11) is 0. The Morgan fingerprint density at radius 2 is 1.78 bits per heavy atom. The summed E-state index contributed by atoms with van der Waals surface area (Å²) in [4.78, 5) is 39.5. The van der Waals surface area contributed by atoms with E-state index in [1.54, 1.807) is 31.2 Å². The lowest BCUT2D eigenvalue weighted by molar-refractivity contribution is -0.120. The van der Waals surface area contributed by atoms with Gasteiger partial charge in [0.05, 0.1) is 11.1 Å². The van der Waals surface area contributed by atoms with Crippen molar-refractivity contribution in [2.75, 3.05) is 17.3 Å². The van der Waals surface area contributed by atoms with Gasteiger partial charge in [0.1, 0.15) is 11.9 Å². The number of amides is 3. The van der Waals surface area contributed by atoms with Crippen LogP contribution in [0.1, 0.15) is 32.7 Å². The maximum atomic E-state index is 13.3. The molecule has 0 aliphatic carbocycles. The summed E-state index contributed by atoms with van der Waals surface area (Å²) in [5, 5.41) is 2.73. The molecule has 2 aromatic carbocycles. The molecule has 1 atom stereocenters. The normalized spacial score (nSPS) is 14.3. The van der Waals surface area contributed by atoms with Crippen molar-refractivity contribution in [3.8, 4) is 0 Å². The van der Waals surface area contributed by atoms with Crippen LogP contribution in [0.25, 0.3) is 0 Å². The fourth-order valence-corrected chi connectivity index (χ4v) is 3.54. The van der Waals surface area contributed by atoms with E-state index in [4.69, 9.17) is 0 Å². The Morgan fingerprint density at radius 1 is 1.15 bits per heavy atom. The maximum absolute atomic E-state index is 13.3. The van der Waals surface area contributed by atoms with E-state index in [-0.39, 0.29) is 0 Å². The number of hydrogen-bond donors (Lipinski definition) is 1. The molecule has 140 valence electrons. The van der Waals surface area contributed by atoms with Gasteiger partial charge in [-0.2, -0.15) is 11.8 Å². The lowest BCUT2D eigenvalue weighted by atomic mass is 10.1. The van der Waals surface area contributed by atoms with Crippen molar-refractivity contribution in [1.29, 1.82) is 0 Å². The number of fused-ring (bicyclic) bond motifs is 1. The molecule has 0 spiro atoms. The molecule has 0 radical (unpaired) electrons. The third-order valence-corrected chi connectivity index (χ3v) is 5.13. The molecule has 27 heavy (non-hydrogen) atoms. The SMILES string of the molecule is CSCC[C@@H](C(=O)Nc1ccc(F)cc1C)N1C(=O)c2ccccc2C1=O. The number of rotatable bonds is 6. The zero-order valence-corrected chi connectivity index (χ0v) is 15.8. The number of nitrogens with zero attached hydrogens (tertiary/aromatic N) is 1. The first-order chi connectivity index (χ1) is 12.9. The van der Waals surface area contributed by atoms with Gasteiger partial charge < -0.3 is 5.32 Å². The molecule has 5 nitrogen and oxygen atoms in total. The molecule has 1 heterocycles. The standard InChI is InChI=1S/C20H19FN2O3S/c1-12-11-13(21)7-8-16(12)22-18(24)17(9-10-27-2)23-19(25)14-5-3-4-6-15(14)20(23)26/h3-8,11,17H,9-10H2,1-2H3,(H,22,24)/t17-/m0/s1. The van der Waals surface area contributed by atoms with Crippen LogP contribution < -0.4 is 5.32 Å². The van der Waals surface area contributed by atoms with E-state index < -0.39 is 29.6 Å². The predicted octanol–water partition coefficient (Wildman–Crippen LogP) is 3.49. The molecule has 7 heteroatoms. The highest BCUT2D eigenvalue weighted by Crippen LogP contribution is 2.27. The Kier molecular flexibility index (Phi) is 5.60. The molecule has 0 unspecified atom stereocenters. The monoisotopic (exact) mass is 386 g/mol. The molecular weight excluding hydrogens is 367 g/mol. The summed E-state index contributed by atoms with van der Waals surface area (Å²) in [5.41, 5.74) is 1.63. The van der Waals surface area contributed by atoms with Gasteiger partial charge in [-0.1, -0.05) is 12.1 Å². The molecule has 2 aromatic rings. The zero-order valence-electron chi connectivity index (χ0n) is 15.0. The van der Waals surface area contributed by atoms with Crippen LogP contribution in [0.15, 0.2) is 42.5 Å². The summed E-state index contributed by atoms with van der Waals surface area (Å²) in [6.45, 7) is 1.68. The van der Waals surface area contributed by atoms with Gasteiger partial charge in [-0.05, 0) is 61.2 Å². The van der Waals surface area contributed by atoms with Gasteiger partial charge in [-0.25, -0.2) is 4.39 Å². The van der Waals surface area contributed by atoms with Crippen LogP contribution in [-0.4, -0.2) is 40.7 Å². The van der Waals surface area contributed by atoms with Crippen molar-refractivity contribution < 1.29 is 18.8 Å². The third kappa shape index (κ3) is 3.73. The molecular formula is C20H19FN2O3S. The van der Waals surface area contributed by atoms with Crippen molar-refractivity contribution in [2.24, 2.45) is 0 Å². The first kappa shape index (κ1) is 19.1. The van der Waals surface area contributed by atoms with Crippen LogP contribution in [0.3, 0.4) is 0 Å². The number of anilines is 1. The van der Waals surface area contributed by atoms with Crippen molar-refractivity contribution in [2.45, 2.75) is 19.4 Å². The second-order valence-corrected chi connectivity index (χ2v) is 7.26. The van der Waals surface area contributed by atoms with Crippen LogP contribution in [-0.2, 0) is 4.79 Å². The van der Waals surface area contributed by atoms with Crippen LogP contribution in [0, 0.1) is 12.7 Å². The van der Waals surface area contributed by atoms with Crippen LogP contribution in [0.5, 0.6) is 0 Å². The summed E-state index contributed by atoms with van der Waals surface area (Å²) >= 11 is 1.53. The number of hydrogen-bond acceptors (Lipinski definition) is 4. The average molecular weight is 386 g/mol. The first-order valence-electron chi connectivity index (χ1n) is 8.47. The van der Waals surface area contributed by atoms with Gasteiger partial charge in [-0.3, -0.25) is 19.3 Å². The molecule has 0 fully saturated rings. The largest absolute Gasteiger partial charge is 0.324 e. The van der Waals surface area contributed by atoms with Crippen LogP contribution in [0.2, 0.25) is 0 Å². The van der Waals surface area contributed by atoms with Gasteiger partial charge in [0.25, 0.3) is 11.8 Å². The minimum Gasteiger partial charge on any atom is -0.324 e. The molecule has 1 aliphatic rings. The van der Waals surface area contributed by atoms with Gasteiger partial charge in [-0.15, -0.1) is 0 Å². The lowest BCUT2D eigenvalue weighted by Gasteiger charge is -2.25. The van der Waals surface area contributed by atoms with E-state index in [1.165, 1.54) is 30.0 Å². The molecule has 1 aliphatic heterocycles. The van der Waals surface area contributed by atoms with E-state index in [1.807, 2.05) is 6.26 Å². The van der Waals surface area contributed by atoms with E-state index >= 15 is 0 Å². The third-order valence-electron chi connectivity index (χ3n) is 4.48. The Balaban J connectivity index is 1.89. The Labute approximate surface area is 160 Å². The van der Waals surface area contributed by atoms with Crippen molar-refractivity contribution in [3.63, 3.8) is 0 Å². The van der Waals surface area contributed by atoms with Gasteiger partial charge >= 0.3 is 0 Å². The smallest absolute Gasteiger partial charge is 0.262 e. The highest BCUT2D eigenvalue weighted by molar-refractivity contribution is 7.98. The number of thioether (sulfide) groups is 1.